The molecule has 1 fully saturated rings. The van der Waals surface area contributed by atoms with Crippen molar-refractivity contribution in [1.82, 2.24) is 24.1 Å². The van der Waals surface area contributed by atoms with Crippen molar-refractivity contribution in [3.05, 3.63) is 70.3 Å². The number of methoxy groups -OCH3 is 1. The average molecular weight is 389 g/mol. The molecule has 0 radical (unpaired) electrons. The molecule has 0 aliphatic carbocycles. The Bertz CT molecular complexity index is 1220. The van der Waals surface area contributed by atoms with Crippen LogP contribution in [0.15, 0.2) is 53.3 Å². The highest BCUT2D eigenvalue weighted by Gasteiger charge is 2.20. The lowest BCUT2D eigenvalue weighted by Crippen LogP contribution is -2.25. The van der Waals surface area contributed by atoms with Crippen molar-refractivity contribution < 1.29 is 4.74 Å². The fraction of sp³-hybridized carbons (Fsp3) is 0.318. The van der Waals surface area contributed by atoms with Gasteiger partial charge in [-0.05, 0) is 55.8 Å². The van der Waals surface area contributed by atoms with Crippen LogP contribution in [0.3, 0.4) is 0 Å². The van der Waals surface area contributed by atoms with E-state index >= 15 is 0 Å². The van der Waals surface area contributed by atoms with Crippen molar-refractivity contribution in [1.29, 1.82) is 0 Å². The van der Waals surface area contributed by atoms with Gasteiger partial charge >= 0.3 is 0 Å². The Hall–Kier alpha value is -3.19. The summed E-state index contributed by atoms with van der Waals surface area (Å²) >= 11 is 0. The standard InChI is InChI=1S/C22H23N5O2/c1-29-17-10-8-16(9-11-17)14-26-21(28)18-6-2-3-7-19(18)27-20(23-24-22(26)27)15-25-12-4-5-13-25/h2-3,6-11H,4-5,12-15H2,1H3. The van der Waals surface area contributed by atoms with E-state index in [1.807, 2.05) is 52.9 Å². The van der Waals surface area contributed by atoms with Gasteiger partial charge < -0.3 is 4.74 Å². The lowest BCUT2D eigenvalue weighted by molar-refractivity contribution is 0.321. The second-order valence-corrected chi connectivity index (χ2v) is 7.49. The first-order valence-corrected chi connectivity index (χ1v) is 9.95. The molecule has 0 atom stereocenters. The summed E-state index contributed by atoms with van der Waals surface area (Å²) in [5, 5.41) is 9.57. The molecule has 0 spiro atoms. The lowest BCUT2D eigenvalue weighted by atomic mass is 10.2. The van der Waals surface area contributed by atoms with E-state index in [4.69, 9.17) is 4.74 Å². The third-order valence-electron chi connectivity index (χ3n) is 5.64. The molecule has 4 aromatic rings. The van der Waals surface area contributed by atoms with Crippen LogP contribution in [0.25, 0.3) is 16.7 Å². The van der Waals surface area contributed by atoms with Crippen LogP contribution >= 0.6 is 0 Å². The predicted molar refractivity (Wildman–Crippen MR) is 111 cm³/mol. The summed E-state index contributed by atoms with van der Waals surface area (Å²) in [5.74, 6) is 2.25. The van der Waals surface area contributed by atoms with Crippen LogP contribution in [0.1, 0.15) is 24.2 Å². The lowest BCUT2D eigenvalue weighted by Gasteiger charge is -2.15. The first-order valence-electron chi connectivity index (χ1n) is 9.95. The van der Waals surface area contributed by atoms with E-state index in [0.29, 0.717) is 17.7 Å². The monoisotopic (exact) mass is 389 g/mol. The van der Waals surface area contributed by atoms with Gasteiger partial charge in [-0.1, -0.05) is 24.3 Å². The van der Waals surface area contributed by atoms with Gasteiger partial charge in [0.15, 0.2) is 5.82 Å². The molecule has 0 unspecified atom stereocenters. The van der Waals surface area contributed by atoms with Gasteiger partial charge in [-0.2, -0.15) is 0 Å². The first kappa shape index (κ1) is 17.9. The maximum atomic E-state index is 13.3. The number of rotatable bonds is 5. The van der Waals surface area contributed by atoms with Crippen LogP contribution in [0.4, 0.5) is 0 Å². The molecule has 0 N–H and O–H groups in total. The molecule has 0 bridgehead atoms. The zero-order valence-electron chi connectivity index (χ0n) is 16.4. The normalized spacial score (nSPS) is 14.8. The molecule has 148 valence electrons. The zero-order valence-corrected chi connectivity index (χ0v) is 16.4. The van der Waals surface area contributed by atoms with E-state index in [-0.39, 0.29) is 5.56 Å². The van der Waals surface area contributed by atoms with Crippen molar-refractivity contribution in [3.8, 4) is 5.75 Å². The third-order valence-corrected chi connectivity index (χ3v) is 5.64. The summed E-state index contributed by atoms with van der Waals surface area (Å²) in [6.45, 7) is 3.33. The van der Waals surface area contributed by atoms with E-state index in [1.165, 1.54) is 12.8 Å². The number of likely N-dealkylation sites (tertiary alicyclic amines) is 1. The maximum absolute atomic E-state index is 13.3. The molecule has 1 aliphatic rings. The smallest absolute Gasteiger partial charge is 0.263 e. The summed E-state index contributed by atoms with van der Waals surface area (Å²) in [7, 11) is 1.64. The van der Waals surface area contributed by atoms with E-state index < -0.39 is 0 Å². The van der Waals surface area contributed by atoms with Crippen LogP contribution in [-0.2, 0) is 13.1 Å². The van der Waals surface area contributed by atoms with Gasteiger partial charge in [0.25, 0.3) is 5.56 Å². The number of benzene rings is 2. The molecule has 1 aliphatic heterocycles. The molecule has 0 amide bonds. The zero-order chi connectivity index (χ0) is 19.8. The molecule has 0 saturated carbocycles. The van der Waals surface area contributed by atoms with Crippen molar-refractivity contribution in [2.45, 2.75) is 25.9 Å². The minimum absolute atomic E-state index is 0.0518. The van der Waals surface area contributed by atoms with E-state index in [9.17, 15) is 4.79 Å². The number of para-hydroxylation sites is 1. The van der Waals surface area contributed by atoms with Crippen LogP contribution in [-0.4, -0.2) is 44.3 Å². The highest BCUT2D eigenvalue weighted by molar-refractivity contribution is 5.80. The van der Waals surface area contributed by atoms with Crippen LogP contribution in [0.5, 0.6) is 5.75 Å². The van der Waals surface area contributed by atoms with E-state index in [1.54, 1.807) is 11.7 Å². The fourth-order valence-electron chi connectivity index (χ4n) is 4.11. The first-order chi connectivity index (χ1) is 14.2. The SMILES string of the molecule is COc1ccc(Cn2c(=O)c3ccccc3n3c(CN4CCCC4)nnc23)cc1. The van der Waals surface area contributed by atoms with Gasteiger partial charge in [0.05, 0.1) is 31.1 Å². The van der Waals surface area contributed by atoms with E-state index in [2.05, 4.69) is 15.1 Å². The Labute approximate surface area is 168 Å². The Morgan fingerprint density at radius 3 is 2.48 bits per heavy atom. The second kappa shape index (κ2) is 7.33. The number of hydrogen-bond donors (Lipinski definition) is 0. The van der Waals surface area contributed by atoms with Gasteiger partial charge in [-0.3, -0.25) is 18.7 Å². The molecule has 1 saturated heterocycles. The Balaban J connectivity index is 1.66. The number of hydrogen-bond acceptors (Lipinski definition) is 5. The van der Waals surface area contributed by atoms with Crippen LogP contribution in [0, 0.1) is 0 Å². The Kier molecular flexibility index (Phi) is 4.52. The Morgan fingerprint density at radius 1 is 0.966 bits per heavy atom. The summed E-state index contributed by atoms with van der Waals surface area (Å²) in [5.41, 5.74) is 1.82. The minimum atomic E-state index is -0.0518. The molecular formula is C22H23N5O2. The van der Waals surface area contributed by atoms with Gasteiger partial charge in [0.1, 0.15) is 5.75 Å². The number of nitrogens with zero attached hydrogens (tertiary/aromatic N) is 5. The van der Waals surface area contributed by atoms with Crippen molar-refractivity contribution in [3.63, 3.8) is 0 Å². The molecule has 7 nitrogen and oxygen atoms in total. The molecule has 2 aromatic carbocycles. The number of aromatic nitrogens is 4. The van der Waals surface area contributed by atoms with Crippen molar-refractivity contribution in [2.75, 3.05) is 20.2 Å². The van der Waals surface area contributed by atoms with Gasteiger partial charge in [0, 0.05) is 0 Å². The molecule has 3 heterocycles. The average Bonchev–Trinajstić information content (AvgIpc) is 3.42. The summed E-state index contributed by atoms with van der Waals surface area (Å²) in [6.07, 6.45) is 2.44. The van der Waals surface area contributed by atoms with E-state index in [0.717, 1.165) is 42.3 Å². The van der Waals surface area contributed by atoms with Gasteiger partial charge in [-0.25, -0.2) is 0 Å². The highest BCUT2D eigenvalue weighted by atomic mass is 16.5. The van der Waals surface area contributed by atoms with Gasteiger partial charge in [0.2, 0.25) is 5.78 Å². The second-order valence-electron chi connectivity index (χ2n) is 7.49. The predicted octanol–water partition coefficient (Wildman–Crippen LogP) is 2.70. The summed E-state index contributed by atoms with van der Waals surface area (Å²) in [6, 6.07) is 15.4. The molecule has 7 heteroatoms. The number of ether oxygens (including phenoxy) is 1. The molecule has 2 aromatic heterocycles. The number of fused-ring (bicyclic) bond motifs is 3. The highest BCUT2D eigenvalue weighted by Crippen LogP contribution is 2.19. The third kappa shape index (κ3) is 3.17. The van der Waals surface area contributed by atoms with Crippen LogP contribution < -0.4 is 10.3 Å². The fourth-order valence-corrected chi connectivity index (χ4v) is 4.11. The van der Waals surface area contributed by atoms with Crippen molar-refractivity contribution in [2.24, 2.45) is 0 Å². The minimum Gasteiger partial charge on any atom is -0.497 e. The molecular weight excluding hydrogens is 366 g/mol. The maximum Gasteiger partial charge on any atom is 0.263 e. The van der Waals surface area contributed by atoms with Crippen molar-refractivity contribution >= 4 is 16.7 Å². The summed E-state index contributed by atoms with van der Waals surface area (Å²) < 4.78 is 8.99. The Morgan fingerprint density at radius 2 is 1.72 bits per heavy atom. The molecule has 29 heavy (non-hydrogen) atoms. The summed E-state index contributed by atoms with van der Waals surface area (Å²) in [4.78, 5) is 15.7. The van der Waals surface area contributed by atoms with Crippen LogP contribution in [0.2, 0.25) is 0 Å². The quantitative estimate of drug-likeness (QED) is 0.525. The largest absolute Gasteiger partial charge is 0.497 e. The topological polar surface area (TPSA) is 64.7 Å². The van der Waals surface area contributed by atoms with Gasteiger partial charge in [-0.15, -0.1) is 10.2 Å². The molecule has 5 rings (SSSR count).